The number of carbonyl (C=O) groups excluding carboxylic acids is 1. The quantitative estimate of drug-likeness (QED) is 0.500. The third-order valence-corrected chi connectivity index (χ3v) is 6.25. The molecule has 1 N–H and O–H groups in total. The van der Waals surface area contributed by atoms with E-state index in [2.05, 4.69) is 26.0 Å². The van der Waals surface area contributed by atoms with Crippen molar-refractivity contribution < 1.29 is 13.9 Å². The van der Waals surface area contributed by atoms with Gasteiger partial charge in [-0.3, -0.25) is 4.79 Å². The Balaban J connectivity index is 1.37. The zero-order valence-corrected chi connectivity index (χ0v) is 16.5. The van der Waals surface area contributed by atoms with Crippen molar-refractivity contribution in [2.75, 3.05) is 5.75 Å². The number of para-hydroxylation sites is 1. The largest absolute Gasteiger partial charge is 0.611 e. The number of benzene rings is 2. The van der Waals surface area contributed by atoms with Crippen LogP contribution in [0.25, 0.3) is 5.69 Å². The number of carbonyl (C=O) groups is 1. The predicted molar refractivity (Wildman–Crippen MR) is 106 cm³/mol. The van der Waals surface area contributed by atoms with Crippen molar-refractivity contribution in [1.29, 1.82) is 0 Å². The zero-order chi connectivity index (χ0) is 20.5. The SMILES string of the molecule is O=C(N[C@H]1C[S+]([O-])c2ccccc2-n2nnnc21)c1cc(Cc2ccccc2)on1. The van der Waals surface area contributed by atoms with Crippen LogP contribution in [0.15, 0.2) is 70.1 Å². The number of rotatable bonds is 4. The first-order valence-corrected chi connectivity index (χ1v) is 10.6. The van der Waals surface area contributed by atoms with Crippen LogP contribution in [0, 0.1) is 0 Å². The molecule has 150 valence electrons. The highest BCUT2D eigenvalue weighted by Crippen LogP contribution is 2.29. The second kappa shape index (κ2) is 7.73. The maximum Gasteiger partial charge on any atom is 0.274 e. The Morgan fingerprint density at radius 2 is 2.00 bits per heavy atom. The molecule has 3 heterocycles. The second-order valence-electron chi connectivity index (χ2n) is 6.80. The molecule has 0 radical (unpaired) electrons. The molecular formula is C20H16N6O3S. The fraction of sp³-hybridized carbons (Fsp3) is 0.150. The highest BCUT2D eigenvalue weighted by atomic mass is 32.2. The van der Waals surface area contributed by atoms with Gasteiger partial charge in [-0.25, -0.2) is 0 Å². The topological polar surface area (TPSA) is 122 Å². The van der Waals surface area contributed by atoms with Crippen LogP contribution in [0.4, 0.5) is 0 Å². The minimum atomic E-state index is -1.35. The summed E-state index contributed by atoms with van der Waals surface area (Å²) in [6, 6.07) is 17.9. The summed E-state index contributed by atoms with van der Waals surface area (Å²) in [6.45, 7) is 0. The third kappa shape index (κ3) is 3.46. The highest BCUT2D eigenvalue weighted by Gasteiger charge is 2.34. The normalized spacial score (nSPS) is 17.6. The maximum atomic E-state index is 12.8. The van der Waals surface area contributed by atoms with E-state index >= 15 is 0 Å². The van der Waals surface area contributed by atoms with E-state index in [4.69, 9.17) is 4.52 Å². The van der Waals surface area contributed by atoms with E-state index < -0.39 is 23.1 Å². The maximum absolute atomic E-state index is 12.8. The van der Waals surface area contributed by atoms with Crippen LogP contribution in [0.2, 0.25) is 0 Å². The summed E-state index contributed by atoms with van der Waals surface area (Å²) < 4.78 is 19.7. The van der Waals surface area contributed by atoms with Crippen LogP contribution in [-0.4, -0.2) is 41.6 Å². The zero-order valence-electron chi connectivity index (χ0n) is 15.6. The molecule has 2 aromatic heterocycles. The van der Waals surface area contributed by atoms with Crippen molar-refractivity contribution in [3.63, 3.8) is 0 Å². The molecule has 10 heteroatoms. The van der Waals surface area contributed by atoms with E-state index in [1.807, 2.05) is 42.5 Å². The minimum Gasteiger partial charge on any atom is -0.611 e. The number of tetrazole rings is 1. The Kier molecular flexibility index (Phi) is 4.77. The standard InChI is InChI=1S/C20H16N6O3S/c27-20(15-11-14(29-23-15)10-13-6-2-1-3-7-13)21-16-12-30(28)18-9-5-4-8-17(18)26-19(16)22-24-25-26/h1-9,11,16H,10,12H2,(H,21,27)/t16-,30?/m0/s1. The molecule has 0 bridgehead atoms. The number of amides is 1. The summed E-state index contributed by atoms with van der Waals surface area (Å²) in [5.41, 5.74) is 1.84. The summed E-state index contributed by atoms with van der Waals surface area (Å²) in [6.07, 6.45) is 0.530. The molecule has 1 amide bonds. The predicted octanol–water partition coefficient (Wildman–Crippen LogP) is 1.83. The number of nitrogens with one attached hydrogen (secondary N) is 1. The van der Waals surface area contributed by atoms with Crippen LogP contribution in [-0.2, 0) is 17.6 Å². The Bertz CT molecular complexity index is 1190. The Hall–Kier alpha value is -3.50. The van der Waals surface area contributed by atoms with Crippen molar-refractivity contribution in [2.24, 2.45) is 0 Å². The van der Waals surface area contributed by atoms with Gasteiger partial charge in [0.25, 0.3) is 5.91 Å². The number of aromatic nitrogens is 5. The van der Waals surface area contributed by atoms with Gasteiger partial charge in [0.15, 0.2) is 16.4 Å². The van der Waals surface area contributed by atoms with Gasteiger partial charge in [-0.1, -0.05) is 47.6 Å². The third-order valence-electron chi connectivity index (χ3n) is 4.78. The summed E-state index contributed by atoms with van der Waals surface area (Å²) in [4.78, 5) is 13.4. The van der Waals surface area contributed by atoms with Gasteiger partial charge in [-0.2, -0.15) is 4.68 Å². The molecule has 5 rings (SSSR count). The van der Waals surface area contributed by atoms with Crippen molar-refractivity contribution in [1.82, 2.24) is 30.7 Å². The van der Waals surface area contributed by atoms with Gasteiger partial charge in [0, 0.05) is 12.5 Å². The fourth-order valence-corrected chi connectivity index (χ4v) is 4.69. The smallest absolute Gasteiger partial charge is 0.274 e. The summed E-state index contributed by atoms with van der Waals surface area (Å²) >= 11 is -1.35. The van der Waals surface area contributed by atoms with E-state index in [1.165, 1.54) is 4.68 Å². The van der Waals surface area contributed by atoms with Gasteiger partial charge in [0.1, 0.15) is 23.2 Å². The van der Waals surface area contributed by atoms with Gasteiger partial charge in [0.2, 0.25) is 0 Å². The Morgan fingerprint density at radius 3 is 2.87 bits per heavy atom. The van der Waals surface area contributed by atoms with E-state index in [0.29, 0.717) is 28.6 Å². The first kappa shape index (κ1) is 18.5. The summed E-state index contributed by atoms with van der Waals surface area (Å²) in [5, 5.41) is 18.5. The lowest BCUT2D eigenvalue weighted by Gasteiger charge is -2.15. The molecule has 2 atom stereocenters. The van der Waals surface area contributed by atoms with Gasteiger partial charge in [0.05, 0.1) is 0 Å². The Labute approximate surface area is 174 Å². The molecule has 0 saturated heterocycles. The van der Waals surface area contributed by atoms with Crippen LogP contribution in [0.5, 0.6) is 0 Å². The molecule has 0 aliphatic carbocycles. The molecule has 2 aromatic carbocycles. The molecular weight excluding hydrogens is 404 g/mol. The highest BCUT2D eigenvalue weighted by molar-refractivity contribution is 7.91. The van der Waals surface area contributed by atoms with Crippen molar-refractivity contribution in [3.05, 3.63) is 83.5 Å². The van der Waals surface area contributed by atoms with Crippen LogP contribution in [0.3, 0.4) is 0 Å². The monoisotopic (exact) mass is 420 g/mol. The van der Waals surface area contributed by atoms with Gasteiger partial charge < -0.3 is 14.4 Å². The lowest BCUT2D eigenvalue weighted by molar-refractivity contribution is 0.0929. The summed E-state index contributed by atoms with van der Waals surface area (Å²) in [5.74, 6) is 0.695. The molecule has 1 unspecified atom stereocenters. The van der Waals surface area contributed by atoms with Crippen LogP contribution in [0.1, 0.15) is 33.7 Å². The molecule has 0 spiro atoms. The molecule has 1 aliphatic heterocycles. The van der Waals surface area contributed by atoms with Crippen LogP contribution >= 0.6 is 0 Å². The van der Waals surface area contributed by atoms with E-state index in [9.17, 15) is 9.35 Å². The van der Waals surface area contributed by atoms with Crippen molar-refractivity contribution in [2.45, 2.75) is 17.4 Å². The molecule has 1 aliphatic rings. The fourth-order valence-electron chi connectivity index (χ4n) is 3.36. The number of nitrogens with zero attached hydrogens (tertiary/aromatic N) is 5. The van der Waals surface area contributed by atoms with Crippen molar-refractivity contribution >= 4 is 17.1 Å². The Morgan fingerprint density at radius 1 is 1.20 bits per heavy atom. The number of hydrogen-bond donors (Lipinski definition) is 1. The average molecular weight is 420 g/mol. The average Bonchev–Trinajstić information content (AvgIpc) is 3.42. The second-order valence-corrected chi connectivity index (χ2v) is 8.26. The van der Waals surface area contributed by atoms with Crippen molar-refractivity contribution in [3.8, 4) is 5.69 Å². The first-order chi connectivity index (χ1) is 14.7. The minimum absolute atomic E-state index is 0.146. The lowest BCUT2D eigenvalue weighted by atomic mass is 10.1. The van der Waals surface area contributed by atoms with E-state index in [-0.39, 0.29) is 11.4 Å². The van der Waals surface area contributed by atoms with Gasteiger partial charge in [-0.05, 0) is 39.3 Å². The molecule has 4 aromatic rings. The van der Waals surface area contributed by atoms with Crippen LogP contribution < -0.4 is 5.32 Å². The van der Waals surface area contributed by atoms with Gasteiger partial charge >= 0.3 is 0 Å². The first-order valence-electron chi connectivity index (χ1n) is 9.25. The van der Waals surface area contributed by atoms with E-state index in [1.54, 1.807) is 18.2 Å². The van der Waals surface area contributed by atoms with E-state index in [0.717, 1.165) is 5.56 Å². The molecule has 0 fully saturated rings. The number of hydrogen-bond acceptors (Lipinski definition) is 7. The van der Waals surface area contributed by atoms with Gasteiger partial charge in [-0.15, -0.1) is 5.10 Å². The molecule has 9 nitrogen and oxygen atoms in total. The molecule has 0 saturated carbocycles. The molecule has 30 heavy (non-hydrogen) atoms. The lowest BCUT2D eigenvalue weighted by Crippen LogP contribution is -2.34. The number of fused-ring (bicyclic) bond motifs is 3. The summed E-state index contributed by atoms with van der Waals surface area (Å²) in [7, 11) is 0.